The average molecular weight is 313 g/mol. The number of aromatic nitrogens is 1. The topological polar surface area (TPSA) is 38.9 Å². The number of hydrogen-bond donors (Lipinski definition) is 1. The van der Waals surface area contributed by atoms with E-state index in [1.165, 1.54) is 30.0 Å². The van der Waals surface area contributed by atoms with Crippen LogP contribution in [0.25, 0.3) is 0 Å². The number of nitrogens with zero attached hydrogens (tertiary/aromatic N) is 1. The van der Waals surface area contributed by atoms with E-state index in [4.69, 9.17) is 5.73 Å². The maximum Gasteiger partial charge on any atom is 0.150 e. The van der Waals surface area contributed by atoms with Crippen LogP contribution in [0.4, 0.5) is 0 Å². The van der Waals surface area contributed by atoms with Crippen molar-refractivity contribution in [2.24, 2.45) is 23.0 Å². The third-order valence-electron chi connectivity index (χ3n) is 5.10. The number of nitrogens with two attached hydrogens (primary N) is 1. The normalized spacial score (nSPS) is 27.8. The first-order chi connectivity index (χ1) is 9.46. The summed E-state index contributed by atoms with van der Waals surface area (Å²) in [5.41, 5.74) is 7.61. The van der Waals surface area contributed by atoms with E-state index in [0.29, 0.717) is 16.6 Å². The molecule has 0 aliphatic heterocycles. The Hall–Kier alpha value is -0.0600. The maximum absolute atomic E-state index is 6.01. The standard InChI is InChI=1S/C16H28N2S2/c1-5-16(3,4)13-7-6-12(9-17)14(8-13)20-15-18-11(2)10-19-15/h10,12-14H,5-9,17H2,1-4H3. The van der Waals surface area contributed by atoms with Crippen molar-refractivity contribution in [1.82, 2.24) is 4.98 Å². The summed E-state index contributed by atoms with van der Waals surface area (Å²) in [7, 11) is 0. The molecule has 20 heavy (non-hydrogen) atoms. The van der Waals surface area contributed by atoms with E-state index < -0.39 is 0 Å². The van der Waals surface area contributed by atoms with E-state index in [1.54, 1.807) is 11.3 Å². The SMILES string of the molecule is CCC(C)(C)C1CCC(CN)C(Sc2nc(C)cs2)C1. The molecule has 1 saturated carbocycles. The molecule has 1 aromatic rings. The molecule has 0 spiro atoms. The zero-order valence-corrected chi connectivity index (χ0v) is 14.8. The molecule has 3 unspecified atom stereocenters. The molecule has 0 saturated heterocycles. The lowest BCUT2D eigenvalue weighted by atomic mass is 9.67. The summed E-state index contributed by atoms with van der Waals surface area (Å²) >= 11 is 3.76. The molecule has 1 aliphatic rings. The quantitative estimate of drug-likeness (QED) is 0.854. The second-order valence-corrected chi connectivity index (χ2v) is 9.10. The molecule has 2 N–H and O–H groups in total. The molecule has 2 nitrogen and oxygen atoms in total. The van der Waals surface area contributed by atoms with Crippen LogP contribution in [-0.2, 0) is 0 Å². The second kappa shape index (κ2) is 6.80. The molecule has 4 heteroatoms. The van der Waals surface area contributed by atoms with Gasteiger partial charge in [0.05, 0.1) is 0 Å². The first-order valence-electron chi connectivity index (χ1n) is 7.75. The Balaban J connectivity index is 2.06. The zero-order chi connectivity index (χ0) is 14.8. The largest absolute Gasteiger partial charge is 0.330 e. The summed E-state index contributed by atoms with van der Waals surface area (Å²) in [6.45, 7) is 10.1. The number of thioether (sulfide) groups is 1. The molecule has 1 fully saturated rings. The number of rotatable bonds is 5. The first kappa shape index (κ1) is 16.3. The smallest absolute Gasteiger partial charge is 0.150 e. The highest BCUT2D eigenvalue weighted by atomic mass is 32.2. The van der Waals surface area contributed by atoms with Crippen LogP contribution in [0.5, 0.6) is 0 Å². The van der Waals surface area contributed by atoms with E-state index in [-0.39, 0.29) is 0 Å². The Morgan fingerprint density at radius 1 is 1.45 bits per heavy atom. The van der Waals surface area contributed by atoms with Crippen LogP contribution in [0.2, 0.25) is 0 Å². The lowest BCUT2D eigenvalue weighted by molar-refractivity contribution is 0.134. The fourth-order valence-corrected chi connectivity index (χ4v) is 5.60. The molecule has 0 bridgehead atoms. The highest BCUT2D eigenvalue weighted by Crippen LogP contribution is 2.47. The average Bonchev–Trinajstić information content (AvgIpc) is 2.84. The molecule has 0 amide bonds. The number of thiazole rings is 1. The van der Waals surface area contributed by atoms with E-state index >= 15 is 0 Å². The minimum atomic E-state index is 0.456. The van der Waals surface area contributed by atoms with Crippen molar-refractivity contribution in [3.8, 4) is 0 Å². The molecular formula is C16H28N2S2. The van der Waals surface area contributed by atoms with Gasteiger partial charge in [-0.1, -0.05) is 39.0 Å². The predicted octanol–water partition coefficient (Wildman–Crippen LogP) is 4.72. The van der Waals surface area contributed by atoms with Crippen molar-refractivity contribution in [2.45, 2.75) is 63.0 Å². The summed E-state index contributed by atoms with van der Waals surface area (Å²) in [4.78, 5) is 4.62. The third kappa shape index (κ3) is 3.77. The van der Waals surface area contributed by atoms with Gasteiger partial charge >= 0.3 is 0 Å². The first-order valence-corrected chi connectivity index (χ1v) is 9.51. The molecule has 1 aromatic heterocycles. The summed E-state index contributed by atoms with van der Waals surface area (Å²) in [6.07, 6.45) is 5.19. The van der Waals surface area contributed by atoms with Crippen LogP contribution >= 0.6 is 23.1 Å². The van der Waals surface area contributed by atoms with Gasteiger partial charge in [-0.25, -0.2) is 4.98 Å². The molecule has 2 rings (SSSR count). The van der Waals surface area contributed by atoms with E-state index in [9.17, 15) is 0 Å². The van der Waals surface area contributed by atoms with Crippen LogP contribution in [0.1, 0.15) is 52.1 Å². The number of hydrogen-bond acceptors (Lipinski definition) is 4. The van der Waals surface area contributed by atoms with Gasteiger partial charge < -0.3 is 5.73 Å². The van der Waals surface area contributed by atoms with Crippen molar-refractivity contribution >= 4 is 23.1 Å². The van der Waals surface area contributed by atoms with Gasteiger partial charge in [-0.2, -0.15) is 0 Å². The van der Waals surface area contributed by atoms with Gasteiger partial charge in [0.1, 0.15) is 4.34 Å². The molecule has 0 aromatic carbocycles. The Morgan fingerprint density at radius 3 is 2.75 bits per heavy atom. The Bertz CT molecular complexity index is 428. The van der Waals surface area contributed by atoms with E-state index in [1.807, 2.05) is 11.8 Å². The number of aryl methyl sites for hydroxylation is 1. The fraction of sp³-hybridized carbons (Fsp3) is 0.812. The van der Waals surface area contributed by atoms with Gasteiger partial charge in [0.2, 0.25) is 0 Å². The lowest BCUT2D eigenvalue weighted by Crippen LogP contribution is -2.37. The van der Waals surface area contributed by atoms with Gasteiger partial charge in [-0.3, -0.25) is 0 Å². The lowest BCUT2D eigenvalue weighted by Gasteiger charge is -2.42. The Morgan fingerprint density at radius 2 is 2.20 bits per heavy atom. The molecular weight excluding hydrogens is 284 g/mol. The highest BCUT2D eigenvalue weighted by Gasteiger charge is 2.37. The second-order valence-electron chi connectivity index (χ2n) is 6.76. The summed E-state index contributed by atoms with van der Waals surface area (Å²) in [5, 5.41) is 2.80. The zero-order valence-electron chi connectivity index (χ0n) is 13.2. The van der Waals surface area contributed by atoms with Gasteiger partial charge in [0.15, 0.2) is 0 Å². The minimum absolute atomic E-state index is 0.456. The third-order valence-corrected chi connectivity index (χ3v) is 7.60. The van der Waals surface area contributed by atoms with Crippen LogP contribution in [0.3, 0.4) is 0 Å². The summed E-state index contributed by atoms with van der Waals surface area (Å²) in [5.74, 6) is 1.49. The van der Waals surface area contributed by atoms with Crippen molar-refractivity contribution in [3.63, 3.8) is 0 Å². The highest BCUT2D eigenvalue weighted by molar-refractivity contribution is 8.01. The van der Waals surface area contributed by atoms with Crippen molar-refractivity contribution in [1.29, 1.82) is 0 Å². The summed E-state index contributed by atoms with van der Waals surface area (Å²) in [6, 6.07) is 0. The molecule has 0 radical (unpaired) electrons. The van der Waals surface area contributed by atoms with Crippen LogP contribution in [-0.4, -0.2) is 16.8 Å². The van der Waals surface area contributed by atoms with Gasteiger partial charge in [-0.15, -0.1) is 11.3 Å². The minimum Gasteiger partial charge on any atom is -0.330 e. The fourth-order valence-electron chi connectivity index (χ4n) is 3.12. The molecule has 1 heterocycles. The van der Waals surface area contributed by atoms with E-state index in [0.717, 1.165) is 18.2 Å². The van der Waals surface area contributed by atoms with Gasteiger partial charge in [-0.05, 0) is 50.0 Å². The van der Waals surface area contributed by atoms with Crippen LogP contribution in [0, 0.1) is 24.2 Å². The van der Waals surface area contributed by atoms with Gasteiger partial charge in [0.25, 0.3) is 0 Å². The van der Waals surface area contributed by atoms with Crippen LogP contribution < -0.4 is 5.73 Å². The van der Waals surface area contributed by atoms with Gasteiger partial charge in [0, 0.05) is 16.3 Å². The molecule has 3 atom stereocenters. The van der Waals surface area contributed by atoms with Crippen molar-refractivity contribution < 1.29 is 0 Å². The van der Waals surface area contributed by atoms with Crippen molar-refractivity contribution in [3.05, 3.63) is 11.1 Å². The van der Waals surface area contributed by atoms with Crippen molar-refractivity contribution in [2.75, 3.05) is 6.54 Å². The monoisotopic (exact) mass is 312 g/mol. The Kier molecular flexibility index (Phi) is 5.55. The maximum atomic E-state index is 6.01. The molecule has 1 aliphatic carbocycles. The van der Waals surface area contributed by atoms with Crippen LogP contribution in [0.15, 0.2) is 9.72 Å². The summed E-state index contributed by atoms with van der Waals surface area (Å²) < 4.78 is 1.22. The predicted molar refractivity (Wildman–Crippen MR) is 90.5 cm³/mol. The molecule has 114 valence electrons. The van der Waals surface area contributed by atoms with E-state index in [2.05, 4.69) is 38.1 Å². The Labute approximate surface area is 131 Å².